The van der Waals surface area contributed by atoms with Gasteiger partial charge in [0.2, 0.25) is 5.91 Å². The Hall–Kier alpha value is -1.80. The maximum atomic E-state index is 13.3. The van der Waals surface area contributed by atoms with Crippen LogP contribution in [0.15, 0.2) is 29.6 Å². The van der Waals surface area contributed by atoms with Gasteiger partial charge >= 0.3 is 6.18 Å². The van der Waals surface area contributed by atoms with E-state index in [-0.39, 0.29) is 28.3 Å². The molecule has 2 aromatic rings. The van der Waals surface area contributed by atoms with Crippen molar-refractivity contribution in [3.8, 4) is 0 Å². The highest BCUT2D eigenvalue weighted by atomic mass is 35.5. The van der Waals surface area contributed by atoms with Crippen molar-refractivity contribution in [1.82, 2.24) is 9.88 Å². The molecular formula is C22H27ClF3N3OS. The molecule has 170 valence electrons. The first-order valence-corrected chi connectivity index (χ1v) is 11.5. The molecule has 9 heteroatoms. The van der Waals surface area contributed by atoms with Gasteiger partial charge < -0.3 is 10.2 Å². The number of nitrogens with zero attached hydrogens (tertiary/aromatic N) is 2. The molecule has 0 aliphatic carbocycles. The first-order chi connectivity index (χ1) is 14.4. The maximum Gasteiger partial charge on any atom is 0.434 e. The number of thiazole rings is 1. The van der Waals surface area contributed by atoms with Crippen molar-refractivity contribution in [2.45, 2.75) is 52.3 Å². The molecule has 4 nitrogen and oxygen atoms in total. The van der Waals surface area contributed by atoms with Crippen LogP contribution < -0.4 is 5.32 Å². The van der Waals surface area contributed by atoms with E-state index in [2.05, 4.69) is 24.1 Å². The second-order valence-corrected chi connectivity index (χ2v) is 10.3. The molecule has 2 heterocycles. The van der Waals surface area contributed by atoms with E-state index in [4.69, 9.17) is 11.6 Å². The zero-order chi connectivity index (χ0) is 23.0. The van der Waals surface area contributed by atoms with Crippen LogP contribution in [0.3, 0.4) is 0 Å². The van der Waals surface area contributed by atoms with Crippen LogP contribution in [0.5, 0.6) is 0 Å². The van der Waals surface area contributed by atoms with E-state index in [1.54, 1.807) is 0 Å². The van der Waals surface area contributed by atoms with Crippen LogP contribution in [-0.4, -0.2) is 34.9 Å². The molecule has 1 saturated heterocycles. The van der Waals surface area contributed by atoms with Gasteiger partial charge in [0.1, 0.15) is 6.04 Å². The number of amides is 1. The zero-order valence-electron chi connectivity index (χ0n) is 18.0. The Morgan fingerprint density at radius 3 is 2.45 bits per heavy atom. The number of carbonyl (C=O) groups is 1. The first kappa shape index (κ1) is 23.9. The van der Waals surface area contributed by atoms with Crippen molar-refractivity contribution in [3.63, 3.8) is 0 Å². The number of anilines is 1. The lowest BCUT2D eigenvalue weighted by Crippen LogP contribution is -2.53. The molecule has 1 unspecified atom stereocenters. The second-order valence-electron chi connectivity index (χ2n) is 9.04. The lowest BCUT2D eigenvalue weighted by atomic mass is 9.70. The fourth-order valence-corrected chi connectivity index (χ4v) is 5.05. The largest absolute Gasteiger partial charge is 0.434 e. The van der Waals surface area contributed by atoms with Gasteiger partial charge in [-0.2, -0.15) is 13.2 Å². The minimum atomic E-state index is -4.50. The van der Waals surface area contributed by atoms with Crippen molar-refractivity contribution in [3.05, 3.63) is 45.9 Å². The molecule has 0 bridgehead atoms. The lowest BCUT2D eigenvalue weighted by Gasteiger charge is -2.45. The van der Waals surface area contributed by atoms with Crippen LogP contribution in [0, 0.1) is 11.3 Å². The number of nitrogens with one attached hydrogen (secondary N) is 1. The molecule has 2 atom stereocenters. The van der Waals surface area contributed by atoms with Crippen LogP contribution >= 0.6 is 22.9 Å². The van der Waals surface area contributed by atoms with Crippen molar-refractivity contribution in [2.24, 2.45) is 11.3 Å². The van der Waals surface area contributed by atoms with E-state index < -0.39 is 17.9 Å². The highest BCUT2D eigenvalue weighted by Crippen LogP contribution is 2.42. The number of hydrogen-bond acceptors (Lipinski definition) is 4. The smallest absolute Gasteiger partial charge is 0.349 e. The highest BCUT2D eigenvalue weighted by molar-refractivity contribution is 7.13. The van der Waals surface area contributed by atoms with Crippen LogP contribution in [0.25, 0.3) is 0 Å². The molecule has 1 fully saturated rings. The molecule has 1 aromatic carbocycles. The quantitative estimate of drug-likeness (QED) is 0.554. The van der Waals surface area contributed by atoms with Crippen molar-refractivity contribution in [2.75, 3.05) is 18.4 Å². The Balaban J connectivity index is 1.73. The first-order valence-electron chi connectivity index (χ1n) is 10.2. The Kier molecular flexibility index (Phi) is 6.91. The summed E-state index contributed by atoms with van der Waals surface area (Å²) in [5, 5.41) is 4.71. The van der Waals surface area contributed by atoms with E-state index >= 15 is 0 Å². The summed E-state index contributed by atoms with van der Waals surface area (Å²) in [4.78, 5) is 18.8. The van der Waals surface area contributed by atoms with Gasteiger partial charge in [-0.15, -0.1) is 11.3 Å². The summed E-state index contributed by atoms with van der Waals surface area (Å²) in [6.45, 7) is 9.18. The summed E-state index contributed by atoms with van der Waals surface area (Å²) in [5.41, 5.74) is 0.0934. The summed E-state index contributed by atoms with van der Waals surface area (Å²) >= 11 is 6.88. The molecular weight excluding hydrogens is 447 g/mol. The number of benzene rings is 1. The molecule has 0 radical (unpaired) electrons. The van der Waals surface area contributed by atoms with Gasteiger partial charge in [0.05, 0.1) is 0 Å². The molecule has 1 N–H and O–H groups in total. The van der Waals surface area contributed by atoms with Gasteiger partial charge in [-0.05, 0) is 41.4 Å². The summed E-state index contributed by atoms with van der Waals surface area (Å²) in [7, 11) is 0. The molecule has 0 spiro atoms. The fourth-order valence-electron chi connectivity index (χ4n) is 4.17. The van der Waals surface area contributed by atoms with Crippen LogP contribution in [0.1, 0.15) is 51.3 Å². The van der Waals surface area contributed by atoms with Gasteiger partial charge in [0.25, 0.3) is 0 Å². The highest BCUT2D eigenvalue weighted by Gasteiger charge is 2.40. The molecule has 0 saturated carbocycles. The van der Waals surface area contributed by atoms with E-state index in [0.717, 1.165) is 23.1 Å². The van der Waals surface area contributed by atoms with Gasteiger partial charge in [-0.1, -0.05) is 51.4 Å². The van der Waals surface area contributed by atoms with Crippen LogP contribution in [-0.2, 0) is 11.0 Å². The zero-order valence-corrected chi connectivity index (χ0v) is 19.5. The number of likely N-dealkylation sites (tertiary alicyclic amines) is 1. The molecule has 1 aliphatic heterocycles. The van der Waals surface area contributed by atoms with E-state index in [0.29, 0.717) is 18.1 Å². The third-order valence-corrected chi connectivity index (χ3v) is 6.85. The molecule has 1 aromatic heterocycles. The third kappa shape index (κ3) is 5.52. The van der Waals surface area contributed by atoms with Crippen LogP contribution in [0.2, 0.25) is 5.02 Å². The summed E-state index contributed by atoms with van der Waals surface area (Å²) in [6.07, 6.45) is -3.69. The lowest BCUT2D eigenvalue weighted by molar-refractivity contribution is -0.140. The predicted molar refractivity (Wildman–Crippen MR) is 119 cm³/mol. The average molecular weight is 474 g/mol. The number of alkyl halides is 3. The Morgan fingerprint density at radius 1 is 1.29 bits per heavy atom. The monoisotopic (exact) mass is 473 g/mol. The van der Waals surface area contributed by atoms with Crippen molar-refractivity contribution < 1.29 is 18.0 Å². The number of aromatic nitrogens is 1. The SMILES string of the molecule is CC(C)[C@@H](Nc1nc(C(F)(F)F)cs1)C(=O)N1CCC(c2ccc(Cl)cc2)C(C)(C)C1. The number of hydrogen-bond donors (Lipinski definition) is 1. The standard InChI is InChI=1S/C22H27ClF3N3OS/c1-13(2)18(28-20-27-17(11-31-20)22(24,25)26)19(30)29-10-9-16(21(3,4)12-29)14-5-7-15(23)8-6-14/h5-8,11,13,16,18H,9-10,12H2,1-4H3,(H,27,28)/t16?,18-/m1/s1. The van der Waals surface area contributed by atoms with Crippen molar-refractivity contribution in [1.29, 1.82) is 0 Å². The topological polar surface area (TPSA) is 45.2 Å². The number of rotatable bonds is 5. The minimum Gasteiger partial charge on any atom is -0.349 e. The normalized spacial score (nSPS) is 20.0. The number of carbonyl (C=O) groups excluding carboxylic acids is 1. The maximum absolute atomic E-state index is 13.3. The third-order valence-electron chi connectivity index (χ3n) is 5.82. The molecule has 1 aliphatic rings. The molecule has 3 rings (SSSR count). The van der Waals surface area contributed by atoms with Gasteiger partial charge in [-0.25, -0.2) is 4.98 Å². The summed E-state index contributed by atoms with van der Waals surface area (Å²) in [5.74, 6) is 0.0665. The fraction of sp³-hybridized carbons (Fsp3) is 0.545. The number of piperidine rings is 1. The van der Waals surface area contributed by atoms with Gasteiger partial charge in [-0.3, -0.25) is 4.79 Å². The Labute approximate surface area is 189 Å². The second kappa shape index (κ2) is 8.98. The van der Waals surface area contributed by atoms with Crippen LogP contribution in [0.4, 0.5) is 18.3 Å². The molecule has 1 amide bonds. The van der Waals surface area contributed by atoms with E-state index in [9.17, 15) is 18.0 Å². The summed E-state index contributed by atoms with van der Waals surface area (Å²) in [6, 6.07) is 7.19. The van der Waals surface area contributed by atoms with Gasteiger partial charge in [0.15, 0.2) is 10.8 Å². The number of halogens is 4. The van der Waals surface area contributed by atoms with E-state index in [1.165, 1.54) is 5.56 Å². The van der Waals surface area contributed by atoms with Crippen molar-refractivity contribution >= 4 is 34.0 Å². The molecule has 31 heavy (non-hydrogen) atoms. The summed E-state index contributed by atoms with van der Waals surface area (Å²) < 4.78 is 38.6. The Morgan fingerprint density at radius 2 is 1.94 bits per heavy atom. The average Bonchev–Trinajstić information content (AvgIpc) is 3.15. The predicted octanol–water partition coefficient (Wildman–Crippen LogP) is 6.29. The minimum absolute atomic E-state index is 0.106. The van der Waals surface area contributed by atoms with E-state index in [1.807, 2.05) is 43.0 Å². The Bertz CT molecular complexity index is 911. The van der Waals surface area contributed by atoms with Gasteiger partial charge in [0, 0.05) is 23.5 Å².